The summed E-state index contributed by atoms with van der Waals surface area (Å²) in [5, 5.41) is 7.71. The molecule has 2 amide bonds. The first-order valence-corrected chi connectivity index (χ1v) is 15.5. The molecular formula is C32H42FN7O3. The van der Waals surface area contributed by atoms with E-state index in [4.69, 9.17) is 4.74 Å². The monoisotopic (exact) mass is 591 g/mol. The predicted octanol–water partition coefficient (Wildman–Crippen LogP) is 2.96. The highest BCUT2D eigenvalue weighted by Crippen LogP contribution is 2.38. The molecule has 0 spiro atoms. The van der Waals surface area contributed by atoms with Gasteiger partial charge in [-0.3, -0.25) is 24.8 Å². The average Bonchev–Trinajstić information content (AvgIpc) is 3.47. The van der Waals surface area contributed by atoms with Gasteiger partial charge in [-0.15, -0.1) is 0 Å². The summed E-state index contributed by atoms with van der Waals surface area (Å²) in [6.45, 7) is 5.63. The van der Waals surface area contributed by atoms with Gasteiger partial charge in [-0.1, -0.05) is 25.0 Å². The van der Waals surface area contributed by atoms with Gasteiger partial charge >= 0.3 is 0 Å². The van der Waals surface area contributed by atoms with Crippen LogP contribution in [0.5, 0.6) is 5.75 Å². The first-order chi connectivity index (χ1) is 21.0. The maximum absolute atomic E-state index is 13.6. The summed E-state index contributed by atoms with van der Waals surface area (Å²) < 4.78 is 18.7. The largest absolute Gasteiger partial charge is 0.497 e. The lowest BCUT2D eigenvalue weighted by molar-refractivity contribution is -0.156. The molecule has 2 N–H and O–H groups in total. The van der Waals surface area contributed by atoms with Crippen LogP contribution in [0, 0.1) is 11.7 Å². The van der Waals surface area contributed by atoms with Crippen molar-refractivity contribution in [3.8, 4) is 5.75 Å². The third kappa shape index (κ3) is 6.56. The van der Waals surface area contributed by atoms with Crippen LogP contribution in [-0.2, 0) is 16.1 Å². The zero-order chi connectivity index (χ0) is 29.8. The third-order valence-corrected chi connectivity index (χ3v) is 9.25. The molecule has 11 heteroatoms. The van der Waals surface area contributed by atoms with Gasteiger partial charge < -0.3 is 19.9 Å². The van der Waals surface area contributed by atoms with Crippen LogP contribution in [0.25, 0.3) is 0 Å². The van der Waals surface area contributed by atoms with E-state index in [0.29, 0.717) is 25.9 Å². The molecule has 1 aliphatic carbocycles. The normalized spacial score (nSPS) is 23.8. The Bertz CT molecular complexity index is 1300. The summed E-state index contributed by atoms with van der Waals surface area (Å²) in [6.07, 6.45) is 4.39. The summed E-state index contributed by atoms with van der Waals surface area (Å²) in [5.41, 5.74) is 5.26. The van der Waals surface area contributed by atoms with Gasteiger partial charge in [-0.25, -0.2) is 4.39 Å². The summed E-state index contributed by atoms with van der Waals surface area (Å²) >= 11 is 0. The number of fused-ring (bicyclic) bond motifs is 3. The van der Waals surface area contributed by atoms with E-state index >= 15 is 0 Å². The Balaban J connectivity index is 0.974. The fourth-order valence-corrected chi connectivity index (χ4v) is 6.88. The number of amides is 2. The van der Waals surface area contributed by atoms with E-state index < -0.39 is 0 Å². The van der Waals surface area contributed by atoms with Crippen molar-refractivity contribution in [3.05, 3.63) is 59.9 Å². The van der Waals surface area contributed by atoms with Crippen LogP contribution < -0.4 is 20.4 Å². The minimum Gasteiger partial charge on any atom is -0.497 e. The number of anilines is 1. The Kier molecular flexibility index (Phi) is 8.97. The van der Waals surface area contributed by atoms with E-state index in [9.17, 15) is 14.0 Å². The number of hydrogen-bond donors (Lipinski definition) is 2. The predicted molar refractivity (Wildman–Crippen MR) is 163 cm³/mol. The minimum absolute atomic E-state index is 0.0134. The lowest BCUT2D eigenvalue weighted by atomic mass is 9.80. The number of carbonyl (C=O) groups excluding carboxylic acids is 2. The highest BCUT2D eigenvalue weighted by Gasteiger charge is 2.50. The number of benzene rings is 2. The van der Waals surface area contributed by atoms with Crippen molar-refractivity contribution in [2.75, 3.05) is 51.3 Å². The van der Waals surface area contributed by atoms with Gasteiger partial charge in [0.25, 0.3) is 0 Å². The molecule has 0 aromatic heterocycles. The Morgan fingerprint density at radius 2 is 1.79 bits per heavy atom. The van der Waals surface area contributed by atoms with E-state index in [1.165, 1.54) is 17.8 Å². The Morgan fingerprint density at radius 3 is 2.53 bits per heavy atom. The fourth-order valence-electron chi connectivity index (χ4n) is 6.88. The lowest BCUT2D eigenvalue weighted by Crippen LogP contribution is -2.67. The van der Waals surface area contributed by atoms with Gasteiger partial charge in [-0.2, -0.15) is 5.10 Å². The molecule has 2 aromatic carbocycles. The van der Waals surface area contributed by atoms with E-state index in [-0.39, 0.29) is 35.9 Å². The lowest BCUT2D eigenvalue weighted by Gasteiger charge is -2.50. The van der Waals surface area contributed by atoms with Crippen molar-refractivity contribution < 1.29 is 18.7 Å². The first-order valence-electron chi connectivity index (χ1n) is 15.5. The van der Waals surface area contributed by atoms with Crippen LogP contribution in [0.3, 0.4) is 0 Å². The van der Waals surface area contributed by atoms with Gasteiger partial charge in [0.1, 0.15) is 17.4 Å². The maximum Gasteiger partial charge on any atom is 0.231 e. The Morgan fingerprint density at radius 1 is 1.05 bits per heavy atom. The molecule has 0 bridgehead atoms. The van der Waals surface area contributed by atoms with Crippen LogP contribution in [0.2, 0.25) is 0 Å². The smallest absolute Gasteiger partial charge is 0.231 e. The van der Waals surface area contributed by atoms with E-state index in [1.54, 1.807) is 19.2 Å². The molecule has 1 saturated carbocycles. The van der Waals surface area contributed by atoms with E-state index in [1.807, 2.05) is 17.0 Å². The molecule has 2 saturated heterocycles. The molecule has 0 radical (unpaired) electrons. The number of carbonyl (C=O) groups is 2. The molecule has 2 aromatic rings. The number of rotatable bonds is 10. The second kappa shape index (κ2) is 13.2. The van der Waals surface area contributed by atoms with Gasteiger partial charge in [0.2, 0.25) is 11.8 Å². The molecule has 3 aliphatic heterocycles. The van der Waals surface area contributed by atoms with E-state index in [2.05, 4.69) is 42.7 Å². The molecule has 6 rings (SSSR count). The van der Waals surface area contributed by atoms with Crippen LogP contribution in [0.1, 0.15) is 44.1 Å². The van der Waals surface area contributed by atoms with Crippen molar-refractivity contribution in [1.29, 1.82) is 0 Å². The van der Waals surface area contributed by atoms with Crippen molar-refractivity contribution in [3.63, 3.8) is 0 Å². The average molecular weight is 592 g/mol. The summed E-state index contributed by atoms with van der Waals surface area (Å²) in [5.74, 6) is 1.46. The van der Waals surface area contributed by atoms with Crippen molar-refractivity contribution in [1.82, 2.24) is 25.4 Å². The van der Waals surface area contributed by atoms with Gasteiger partial charge in [-0.05, 0) is 54.8 Å². The SMILES string of the molecule is COc1ccc(N2CCN(CCNC(=O)CCC3=NNC4N(Cc5ccc(F)cc5)C(=O)C5CCCCC5N34)CC2)cc1. The van der Waals surface area contributed by atoms with Crippen LogP contribution in [-0.4, -0.2) is 91.1 Å². The van der Waals surface area contributed by atoms with Crippen LogP contribution in [0.4, 0.5) is 10.1 Å². The number of amidine groups is 1. The number of ether oxygens (including phenoxy) is 1. The zero-order valence-electron chi connectivity index (χ0n) is 24.9. The quantitative estimate of drug-likeness (QED) is 0.439. The molecule has 3 fully saturated rings. The highest BCUT2D eigenvalue weighted by atomic mass is 19.1. The molecule has 43 heavy (non-hydrogen) atoms. The first kappa shape index (κ1) is 29.2. The number of hydrogen-bond acceptors (Lipinski definition) is 8. The molecule has 10 nitrogen and oxygen atoms in total. The van der Waals surface area contributed by atoms with Crippen molar-refractivity contribution in [2.24, 2.45) is 11.0 Å². The van der Waals surface area contributed by atoms with E-state index in [0.717, 1.165) is 75.6 Å². The van der Waals surface area contributed by atoms with Crippen molar-refractivity contribution in [2.45, 2.75) is 57.4 Å². The molecule has 3 unspecified atom stereocenters. The molecule has 3 heterocycles. The number of nitrogens with zero attached hydrogens (tertiary/aromatic N) is 5. The summed E-state index contributed by atoms with van der Waals surface area (Å²) in [4.78, 5) is 35.2. The standard InChI is InChI=1S/C32H42FN7O3/c1-43-26-12-10-25(11-13-26)38-20-18-37(19-21-38)17-16-34-30(41)15-14-29-35-36-32-39(22-23-6-8-24(33)9-7-23)31(42)27-4-2-3-5-28(27)40(29)32/h6-13,27-28,32,36H,2-5,14-22H2,1H3,(H,34,41). The topological polar surface area (TPSA) is 92.7 Å². The summed E-state index contributed by atoms with van der Waals surface area (Å²) in [7, 11) is 1.68. The minimum atomic E-state index is -0.383. The second-order valence-electron chi connectivity index (χ2n) is 11.9. The fraction of sp³-hybridized carbons (Fsp3) is 0.531. The summed E-state index contributed by atoms with van der Waals surface area (Å²) in [6, 6.07) is 14.6. The molecule has 230 valence electrons. The van der Waals surface area contributed by atoms with Crippen molar-refractivity contribution >= 4 is 23.3 Å². The number of piperazine rings is 1. The maximum atomic E-state index is 13.6. The second-order valence-corrected chi connectivity index (χ2v) is 11.9. The number of halogens is 1. The van der Waals surface area contributed by atoms with Gasteiger partial charge in [0.15, 0.2) is 6.29 Å². The Labute approximate surface area is 252 Å². The van der Waals surface area contributed by atoms with Crippen LogP contribution >= 0.6 is 0 Å². The number of methoxy groups -OCH3 is 1. The third-order valence-electron chi connectivity index (χ3n) is 9.25. The zero-order valence-corrected chi connectivity index (χ0v) is 24.9. The van der Waals surface area contributed by atoms with Gasteiger partial charge in [0, 0.05) is 70.4 Å². The highest BCUT2D eigenvalue weighted by molar-refractivity contribution is 5.91. The number of hydrazone groups is 1. The molecule has 4 aliphatic rings. The molecule has 3 atom stereocenters. The molecular weight excluding hydrogens is 549 g/mol. The van der Waals surface area contributed by atoms with Crippen LogP contribution in [0.15, 0.2) is 53.6 Å². The van der Waals surface area contributed by atoms with Gasteiger partial charge in [0.05, 0.1) is 13.0 Å². The number of nitrogens with one attached hydrogen (secondary N) is 2. The Hall–Kier alpha value is -3.86.